The van der Waals surface area contributed by atoms with Crippen LogP contribution in [0.1, 0.15) is 11.1 Å². The Morgan fingerprint density at radius 2 is 1.97 bits per heavy atom. The number of non-ortho nitro benzene ring substituents is 1. The van der Waals surface area contributed by atoms with Crippen LogP contribution in [-0.4, -0.2) is 39.8 Å². The van der Waals surface area contributed by atoms with Gasteiger partial charge < -0.3 is 14.6 Å². The maximum Gasteiger partial charge on any atom is 0.420 e. The number of anilines is 1. The third kappa shape index (κ3) is 4.22. The average Bonchev–Trinajstić information content (AvgIpc) is 2.99. The zero-order valence-corrected chi connectivity index (χ0v) is 16.7. The number of rotatable bonds is 6. The van der Waals surface area contributed by atoms with E-state index in [1.165, 1.54) is 24.1 Å². The van der Waals surface area contributed by atoms with Crippen LogP contribution < -0.4 is 11.1 Å². The number of carbonyl (C=O) groups excluding carboxylic acids is 2. The SMILES string of the molecule is Cc1cccc(NC(=O)CN(C)C(=O)Cn2c(=O)oc3cc([N+](=O)[O-])ccc32)c1C. The van der Waals surface area contributed by atoms with Gasteiger partial charge in [0.05, 0.1) is 23.1 Å². The summed E-state index contributed by atoms with van der Waals surface area (Å²) in [6.07, 6.45) is 0. The zero-order valence-electron chi connectivity index (χ0n) is 16.7. The smallest absolute Gasteiger partial charge is 0.407 e. The first-order valence-electron chi connectivity index (χ1n) is 9.05. The van der Waals surface area contributed by atoms with E-state index in [0.29, 0.717) is 5.69 Å². The third-order valence-corrected chi connectivity index (χ3v) is 4.84. The van der Waals surface area contributed by atoms with Gasteiger partial charge in [-0.3, -0.25) is 24.3 Å². The molecule has 1 heterocycles. The summed E-state index contributed by atoms with van der Waals surface area (Å²) in [7, 11) is 1.45. The Morgan fingerprint density at radius 3 is 2.67 bits per heavy atom. The van der Waals surface area contributed by atoms with E-state index >= 15 is 0 Å². The molecule has 0 fully saturated rings. The van der Waals surface area contributed by atoms with Gasteiger partial charge in [0.25, 0.3) is 5.69 Å². The number of hydrogen-bond acceptors (Lipinski definition) is 6. The lowest BCUT2D eigenvalue weighted by atomic mass is 10.1. The van der Waals surface area contributed by atoms with Crippen molar-refractivity contribution < 1.29 is 18.9 Å². The molecule has 1 aromatic heterocycles. The number of aryl methyl sites for hydroxylation is 1. The van der Waals surface area contributed by atoms with E-state index in [-0.39, 0.29) is 35.8 Å². The number of aromatic nitrogens is 1. The molecule has 156 valence electrons. The summed E-state index contributed by atoms with van der Waals surface area (Å²) in [6.45, 7) is 3.25. The van der Waals surface area contributed by atoms with E-state index in [0.717, 1.165) is 21.8 Å². The van der Waals surface area contributed by atoms with Gasteiger partial charge in [-0.15, -0.1) is 0 Å². The summed E-state index contributed by atoms with van der Waals surface area (Å²) < 4.78 is 6.08. The van der Waals surface area contributed by atoms with Gasteiger partial charge in [-0.25, -0.2) is 4.79 Å². The molecule has 0 radical (unpaired) electrons. The highest BCUT2D eigenvalue weighted by atomic mass is 16.6. The van der Waals surface area contributed by atoms with Crippen molar-refractivity contribution in [3.8, 4) is 0 Å². The molecule has 3 aromatic rings. The molecule has 1 N–H and O–H groups in total. The van der Waals surface area contributed by atoms with Crippen molar-refractivity contribution in [3.05, 3.63) is 68.2 Å². The minimum Gasteiger partial charge on any atom is -0.407 e. The highest BCUT2D eigenvalue weighted by Crippen LogP contribution is 2.20. The van der Waals surface area contributed by atoms with Crippen LogP contribution in [0.2, 0.25) is 0 Å². The highest BCUT2D eigenvalue weighted by molar-refractivity contribution is 5.95. The Morgan fingerprint density at radius 1 is 1.23 bits per heavy atom. The quantitative estimate of drug-likeness (QED) is 0.488. The molecule has 2 aromatic carbocycles. The number of benzene rings is 2. The second-order valence-corrected chi connectivity index (χ2v) is 6.91. The molecule has 3 rings (SSSR count). The monoisotopic (exact) mass is 412 g/mol. The second kappa shape index (κ2) is 8.19. The molecule has 10 heteroatoms. The fourth-order valence-corrected chi connectivity index (χ4v) is 2.95. The molecule has 0 unspecified atom stereocenters. The minimum absolute atomic E-state index is 0.0114. The summed E-state index contributed by atoms with van der Waals surface area (Å²) >= 11 is 0. The van der Waals surface area contributed by atoms with Crippen molar-refractivity contribution in [1.82, 2.24) is 9.47 Å². The standard InChI is InChI=1S/C20H20N4O6/c1-12-5-4-6-15(13(12)2)21-18(25)10-22(3)19(26)11-23-16-8-7-14(24(28)29)9-17(16)30-20(23)27/h4-9H,10-11H2,1-3H3,(H,21,25). The van der Waals surface area contributed by atoms with Gasteiger partial charge >= 0.3 is 5.76 Å². The number of hydrogen-bond donors (Lipinski definition) is 1. The van der Waals surface area contributed by atoms with Gasteiger partial charge in [0.1, 0.15) is 6.54 Å². The predicted octanol–water partition coefficient (Wildman–Crippen LogP) is 2.22. The molecule has 10 nitrogen and oxygen atoms in total. The van der Waals surface area contributed by atoms with Gasteiger partial charge in [0.15, 0.2) is 5.58 Å². The number of amides is 2. The lowest BCUT2D eigenvalue weighted by Gasteiger charge is -2.18. The maximum absolute atomic E-state index is 12.5. The van der Waals surface area contributed by atoms with Crippen LogP contribution in [0.15, 0.2) is 45.6 Å². The molecule has 0 aliphatic rings. The number of oxazole rings is 1. The van der Waals surface area contributed by atoms with Crippen LogP contribution in [0.3, 0.4) is 0 Å². The Kier molecular flexibility index (Phi) is 5.67. The summed E-state index contributed by atoms with van der Waals surface area (Å²) in [5, 5.41) is 13.6. The van der Waals surface area contributed by atoms with E-state index in [2.05, 4.69) is 5.32 Å². The molecule has 0 spiro atoms. The van der Waals surface area contributed by atoms with Gasteiger partial charge in [0.2, 0.25) is 11.8 Å². The second-order valence-electron chi connectivity index (χ2n) is 6.91. The van der Waals surface area contributed by atoms with Crippen molar-refractivity contribution in [1.29, 1.82) is 0 Å². The van der Waals surface area contributed by atoms with Crippen LogP contribution in [0.4, 0.5) is 11.4 Å². The van der Waals surface area contributed by atoms with Crippen LogP contribution in [-0.2, 0) is 16.1 Å². The van der Waals surface area contributed by atoms with E-state index in [9.17, 15) is 24.5 Å². The molecule has 0 aliphatic heterocycles. The summed E-state index contributed by atoms with van der Waals surface area (Å²) in [4.78, 5) is 48.4. The number of nitrogens with zero attached hydrogens (tertiary/aromatic N) is 3. The number of likely N-dealkylation sites (N-methyl/N-ethyl adjacent to an activating group) is 1. The first-order chi connectivity index (χ1) is 14.2. The van der Waals surface area contributed by atoms with E-state index in [1.54, 1.807) is 6.07 Å². The number of fused-ring (bicyclic) bond motifs is 1. The molecule has 30 heavy (non-hydrogen) atoms. The van der Waals surface area contributed by atoms with Crippen molar-refractivity contribution in [2.45, 2.75) is 20.4 Å². The molecule has 0 aliphatic carbocycles. The van der Waals surface area contributed by atoms with Gasteiger partial charge in [-0.05, 0) is 37.1 Å². The predicted molar refractivity (Wildman–Crippen MR) is 109 cm³/mol. The topological polar surface area (TPSA) is 128 Å². The molecular formula is C20H20N4O6. The fraction of sp³-hybridized carbons (Fsp3) is 0.250. The molecule has 0 saturated heterocycles. The lowest BCUT2D eigenvalue weighted by Crippen LogP contribution is -2.38. The molecule has 0 bridgehead atoms. The normalized spacial score (nSPS) is 10.8. The first kappa shape index (κ1) is 20.8. The van der Waals surface area contributed by atoms with E-state index in [4.69, 9.17) is 4.42 Å². The number of nitro benzene ring substituents is 1. The molecule has 2 amide bonds. The van der Waals surface area contributed by atoms with Crippen LogP contribution in [0.25, 0.3) is 11.1 Å². The molecular weight excluding hydrogens is 392 g/mol. The van der Waals surface area contributed by atoms with Crippen molar-refractivity contribution in [2.75, 3.05) is 18.9 Å². The Labute approximate surface area is 170 Å². The average molecular weight is 412 g/mol. The van der Waals surface area contributed by atoms with Crippen LogP contribution in [0.5, 0.6) is 0 Å². The van der Waals surface area contributed by atoms with Gasteiger partial charge in [0, 0.05) is 18.8 Å². The lowest BCUT2D eigenvalue weighted by molar-refractivity contribution is -0.384. The van der Waals surface area contributed by atoms with Gasteiger partial charge in [-0.2, -0.15) is 0 Å². The van der Waals surface area contributed by atoms with Crippen LogP contribution >= 0.6 is 0 Å². The van der Waals surface area contributed by atoms with Crippen molar-refractivity contribution in [3.63, 3.8) is 0 Å². The number of carbonyl (C=O) groups is 2. The Hall–Kier alpha value is -3.95. The van der Waals surface area contributed by atoms with Gasteiger partial charge in [-0.1, -0.05) is 12.1 Å². The van der Waals surface area contributed by atoms with Crippen LogP contribution in [0, 0.1) is 24.0 Å². The minimum atomic E-state index is -0.813. The van der Waals surface area contributed by atoms with Crippen molar-refractivity contribution in [2.24, 2.45) is 0 Å². The summed E-state index contributed by atoms with van der Waals surface area (Å²) in [5.74, 6) is -1.68. The van der Waals surface area contributed by atoms with E-state index in [1.807, 2.05) is 26.0 Å². The highest BCUT2D eigenvalue weighted by Gasteiger charge is 2.19. The maximum atomic E-state index is 12.5. The van der Waals surface area contributed by atoms with E-state index < -0.39 is 16.6 Å². The van der Waals surface area contributed by atoms with Crippen molar-refractivity contribution >= 4 is 34.3 Å². The number of nitro groups is 1. The summed E-state index contributed by atoms with van der Waals surface area (Å²) in [6, 6.07) is 9.23. The fourth-order valence-electron chi connectivity index (χ4n) is 2.95. The zero-order chi connectivity index (χ0) is 22.0. The first-order valence-corrected chi connectivity index (χ1v) is 9.05. The molecule has 0 atom stereocenters. The Bertz CT molecular complexity index is 1210. The summed E-state index contributed by atoms with van der Waals surface area (Å²) in [5.41, 5.74) is 2.67. The Balaban J connectivity index is 1.70. The molecule has 0 saturated carbocycles. The third-order valence-electron chi connectivity index (χ3n) is 4.84. The number of nitrogens with one attached hydrogen (secondary N) is 1. The largest absolute Gasteiger partial charge is 0.420 e.